The molecule has 2 aliphatic carbocycles. The Morgan fingerprint density at radius 1 is 1.23 bits per heavy atom. The maximum atomic E-state index is 12.8. The molecule has 1 heterocycles. The van der Waals surface area contributed by atoms with E-state index >= 15 is 0 Å². The lowest BCUT2D eigenvalue weighted by Gasteiger charge is -2.58. The van der Waals surface area contributed by atoms with Crippen molar-refractivity contribution in [3.05, 3.63) is 11.1 Å². The van der Waals surface area contributed by atoms with Crippen LogP contribution in [0, 0.1) is 22.7 Å². The van der Waals surface area contributed by atoms with Crippen LogP contribution in [0.2, 0.25) is 0 Å². The summed E-state index contributed by atoms with van der Waals surface area (Å²) in [4.78, 5) is 25.2. The van der Waals surface area contributed by atoms with E-state index < -0.39 is 5.41 Å². The van der Waals surface area contributed by atoms with Crippen LogP contribution in [-0.4, -0.2) is 38.4 Å². The minimum absolute atomic E-state index is 0.0959. The highest BCUT2D eigenvalue weighted by Gasteiger charge is 2.61. The monoisotopic (exact) mass is 364 g/mol. The first-order valence-corrected chi connectivity index (χ1v) is 9.73. The van der Waals surface area contributed by atoms with E-state index in [1.807, 2.05) is 6.92 Å². The molecule has 26 heavy (non-hydrogen) atoms. The molecule has 0 aromatic rings. The number of ether oxygens (including phenoxy) is 3. The van der Waals surface area contributed by atoms with Crippen LogP contribution in [0.15, 0.2) is 11.1 Å². The Morgan fingerprint density at radius 2 is 1.92 bits per heavy atom. The molecule has 0 saturated heterocycles. The Bertz CT molecular complexity index is 636. The van der Waals surface area contributed by atoms with E-state index in [0.29, 0.717) is 6.42 Å². The van der Waals surface area contributed by atoms with Crippen molar-refractivity contribution in [1.82, 2.24) is 0 Å². The van der Waals surface area contributed by atoms with Gasteiger partial charge in [-0.2, -0.15) is 0 Å². The maximum Gasteiger partial charge on any atom is 0.314 e. The van der Waals surface area contributed by atoms with E-state index in [2.05, 4.69) is 20.8 Å². The second-order valence-corrected chi connectivity index (χ2v) is 8.88. The summed E-state index contributed by atoms with van der Waals surface area (Å²) in [5.41, 5.74) is 1.61. The SMILES string of the molecule is COC(=O)[C@@]1(C)[C@@H](OC)CC[C@]2(C)C3=C(CC[C@@H]12)[C@@H](C(C)C)OC(=O)C3. The average molecular weight is 364 g/mol. The minimum Gasteiger partial charge on any atom is -0.469 e. The van der Waals surface area contributed by atoms with Gasteiger partial charge in [0.1, 0.15) is 6.10 Å². The van der Waals surface area contributed by atoms with Crippen LogP contribution >= 0.6 is 0 Å². The van der Waals surface area contributed by atoms with Gasteiger partial charge in [-0.1, -0.05) is 26.3 Å². The normalized spacial score (nSPS) is 40.0. The van der Waals surface area contributed by atoms with E-state index in [9.17, 15) is 9.59 Å². The molecule has 0 spiro atoms. The van der Waals surface area contributed by atoms with Crippen LogP contribution < -0.4 is 0 Å². The van der Waals surface area contributed by atoms with Crippen LogP contribution in [0.25, 0.3) is 0 Å². The van der Waals surface area contributed by atoms with Crippen LogP contribution in [0.5, 0.6) is 0 Å². The van der Waals surface area contributed by atoms with Gasteiger partial charge in [0.05, 0.1) is 25.0 Å². The highest BCUT2D eigenvalue weighted by atomic mass is 16.5. The number of hydrogen-bond donors (Lipinski definition) is 0. The molecule has 0 radical (unpaired) electrons. The van der Waals surface area contributed by atoms with Crippen molar-refractivity contribution in [3.63, 3.8) is 0 Å². The standard InChI is InChI=1S/C21H32O5/c1-12(2)18-13-7-8-15-20(3,14(13)11-17(22)26-18)10-9-16(24-5)21(15,4)19(23)25-6/h12,15-16,18H,7-11H2,1-6H3/t15-,16+,18-,20-,21-/m1/s1. The van der Waals surface area contributed by atoms with E-state index in [1.165, 1.54) is 18.3 Å². The van der Waals surface area contributed by atoms with Crippen LogP contribution in [0.1, 0.15) is 59.8 Å². The predicted octanol–water partition coefficient (Wildman–Crippen LogP) is 3.66. The molecule has 1 saturated carbocycles. The lowest BCUT2D eigenvalue weighted by Crippen LogP contribution is -2.59. The van der Waals surface area contributed by atoms with Gasteiger partial charge in [-0.25, -0.2) is 0 Å². The van der Waals surface area contributed by atoms with E-state index in [-0.39, 0.29) is 41.4 Å². The third kappa shape index (κ3) is 2.62. The molecule has 5 heteroatoms. The Kier molecular flexibility index (Phi) is 4.97. The van der Waals surface area contributed by atoms with E-state index in [0.717, 1.165) is 25.7 Å². The molecule has 0 N–H and O–H groups in total. The fraction of sp³-hybridized carbons (Fsp3) is 0.810. The third-order valence-corrected chi connectivity index (χ3v) is 7.31. The van der Waals surface area contributed by atoms with Gasteiger partial charge in [0.25, 0.3) is 0 Å². The number of rotatable bonds is 3. The number of fused-ring (bicyclic) bond motifs is 2. The second kappa shape index (κ2) is 6.66. The lowest BCUT2D eigenvalue weighted by atomic mass is 9.47. The quantitative estimate of drug-likeness (QED) is 0.565. The summed E-state index contributed by atoms with van der Waals surface area (Å²) < 4.78 is 16.6. The maximum absolute atomic E-state index is 12.8. The van der Waals surface area contributed by atoms with Gasteiger partial charge in [0, 0.05) is 7.11 Å². The number of carbonyl (C=O) groups excluding carboxylic acids is 2. The molecule has 5 atom stereocenters. The van der Waals surface area contributed by atoms with Crippen molar-refractivity contribution in [2.24, 2.45) is 22.7 Å². The molecule has 3 rings (SSSR count). The summed E-state index contributed by atoms with van der Waals surface area (Å²) in [5.74, 6) is 0.00592. The average Bonchev–Trinajstić information content (AvgIpc) is 2.60. The smallest absolute Gasteiger partial charge is 0.314 e. The zero-order valence-electron chi connectivity index (χ0n) is 16.9. The van der Waals surface area contributed by atoms with Gasteiger partial charge in [-0.3, -0.25) is 9.59 Å². The van der Waals surface area contributed by atoms with Crippen molar-refractivity contribution in [3.8, 4) is 0 Å². The van der Waals surface area contributed by atoms with Crippen molar-refractivity contribution in [1.29, 1.82) is 0 Å². The molecule has 0 aromatic heterocycles. The van der Waals surface area contributed by atoms with Gasteiger partial charge in [0.15, 0.2) is 0 Å². The molecule has 1 aliphatic heterocycles. The van der Waals surface area contributed by atoms with Crippen molar-refractivity contribution >= 4 is 11.9 Å². The molecule has 5 nitrogen and oxygen atoms in total. The summed E-state index contributed by atoms with van der Waals surface area (Å²) in [6.07, 6.45) is 3.52. The zero-order chi connectivity index (χ0) is 19.3. The van der Waals surface area contributed by atoms with Crippen molar-refractivity contribution in [2.75, 3.05) is 14.2 Å². The first-order chi connectivity index (χ1) is 12.2. The van der Waals surface area contributed by atoms with Crippen LogP contribution in [0.4, 0.5) is 0 Å². The number of esters is 2. The summed E-state index contributed by atoms with van der Waals surface area (Å²) >= 11 is 0. The van der Waals surface area contributed by atoms with E-state index in [4.69, 9.17) is 14.2 Å². The van der Waals surface area contributed by atoms with Crippen molar-refractivity contribution < 1.29 is 23.8 Å². The minimum atomic E-state index is -0.705. The molecule has 0 unspecified atom stereocenters. The second-order valence-electron chi connectivity index (χ2n) is 8.88. The zero-order valence-corrected chi connectivity index (χ0v) is 16.9. The highest BCUT2D eigenvalue weighted by Crippen LogP contribution is 2.62. The lowest BCUT2D eigenvalue weighted by molar-refractivity contribution is -0.183. The molecule has 0 amide bonds. The predicted molar refractivity (Wildman–Crippen MR) is 97.3 cm³/mol. The first-order valence-electron chi connectivity index (χ1n) is 9.73. The van der Waals surface area contributed by atoms with Gasteiger partial charge in [-0.15, -0.1) is 0 Å². The molecule has 1 fully saturated rings. The molecule has 3 aliphatic rings. The summed E-state index contributed by atoms with van der Waals surface area (Å²) in [7, 11) is 3.13. The fourth-order valence-corrected chi connectivity index (χ4v) is 6.01. The third-order valence-electron chi connectivity index (χ3n) is 7.31. The van der Waals surface area contributed by atoms with Gasteiger partial charge >= 0.3 is 11.9 Å². The summed E-state index contributed by atoms with van der Waals surface area (Å²) in [6, 6.07) is 0. The highest BCUT2D eigenvalue weighted by molar-refractivity contribution is 5.79. The number of carbonyl (C=O) groups is 2. The topological polar surface area (TPSA) is 61.8 Å². The Balaban J connectivity index is 2.10. The van der Waals surface area contributed by atoms with Gasteiger partial charge in [-0.05, 0) is 55.4 Å². The van der Waals surface area contributed by atoms with Gasteiger partial charge in [0.2, 0.25) is 0 Å². The molecule has 0 aromatic carbocycles. The first kappa shape index (κ1) is 19.4. The molecular formula is C21H32O5. The number of hydrogen-bond acceptors (Lipinski definition) is 5. The molecule has 0 bridgehead atoms. The van der Waals surface area contributed by atoms with Gasteiger partial charge < -0.3 is 14.2 Å². The summed E-state index contributed by atoms with van der Waals surface area (Å²) in [5, 5.41) is 0. The largest absolute Gasteiger partial charge is 0.469 e. The number of methoxy groups -OCH3 is 2. The van der Waals surface area contributed by atoms with E-state index in [1.54, 1.807) is 7.11 Å². The Hall–Kier alpha value is -1.36. The van der Waals surface area contributed by atoms with Crippen LogP contribution in [-0.2, 0) is 23.8 Å². The van der Waals surface area contributed by atoms with Crippen LogP contribution in [0.3, 0.4) is 0 Å². The molecule has 146 valence electrons. The molecular weight excluding hydrogens is 332 g/mol. The fourth-order valence-electron chi connectivity index (χ4n) is 6.01. The Morgan fingerprint density at radius 3 is 2.50 bits per heavy atom. The number of cyclic esters (lactones) is 1. The van der Waals surface area contributed by atoms with Crippen molar-refractivity contribution in [2.45, 2.75) is 72.0 Å². The summed E-state index contributed by atoms with van der Waals surface area (Å²) in [6.45, 7) is 8.42. The Labute approximate surface area is 156 Å².